The predicted octanol–water partition coefficient (Wildman–Crippen LogP) is 2.22. The summed E-state index contributed by atoms with van der Waals surface area (Å²) in [5, 5.41) is 5.95. The molecule has 0 saturated carbocycles. The van der Waals surface area contributed by atoms with Gasteiger partial charge >= 0.3 is 0 Å². The Morgan fingerprint density at radius 1 is 1.08 bits per heavy atom. The first-order valence-electron chi connectivity index (χ1n) is 13.4. The largest absolute Gasteiger partial charge is 0.496 e. The molecule has 4 aliphatic heterocycles. The molecule has 0 spiro atoms. The number of hydrogen-bond acceptors (Lipinski definition) is 7. The maximum absolute atomic E-state index is 13.4. The second-order valence-corrected chi connectivity index (χ2v) is 10.2. The molecular weight excluding hydrogens is 502 g/mol. The van der Waals surface area contributed by atoms with Gasteiger partial charge in [-0.1, -0.05) is 6.07 Å². The highest BCUT2D eigenvalue weighted by molar-refractivity contribution is 5.95. The molecule has 208 valence electrons. The molecule has 4 bridgehead atoms. The molecule has 0 unspecified atom stereocenters. The van der Waals surface area contributed by atoms with Crippen molar-refractivity contribution in [2.45, 2.75) is 44.9 Å². The lowest BCUT2D eigenvalue weighted by Gasteiger charge is -2.40. The first-order valence-corrected chi connectivity index (χ1v) is 13.4. The lowest BCUT2D eigenvalue weighted by atomic mass is 9.95. The fraction of sp³-hybridized carbons (Fsp3) is 0.483. The summed E-state index contributed by atoms with van der Waals surface area (Å²) in [5.74, 6) is 1.05. The van der Waals surface area contributed by atoms with E-state index in [1.54, 1.807) is 31.4 Å². The average Bonchev–Trinajstić information content (AvgIpc) is 2.96. The second kappa shape index (κ2) is 11.9. The Morgan fingerprint density at radius 2 is 1.90 bits per heavy atom. The first kappa shape index (κ1) is 26.8. The van der Waals surface area contributed by atoms with Gasteiger partial charge in [-0.15, -0.1) is 0 Å². The number of benzene rings is 2. The van der Waals surface area contributed by atoms with Crippen molar-refractivity contribution in [2.75, 3.05) is 40.0 Å². The van der Waals surface area contributed by atoms with Crippen LogP contribution in [0.1, 0.15) is 40.7 Å². The van der Waals surface area contributed by atoms with Crippen LogP contribution in [0.15, 0.2) is 36.4 Å². The number of methoxy groups -OCH3 is 1. The van der Waals surface area contributed by atoms with E-state index in [1.165, 1.54) is 0 Å². The minimum atomic E-state index is -0.440. The number of hydrogen-bond donors (Lipinski definition) is 2. The molecule has 4 heterocycles. The number of nitrogens with zero attached hydrogens (tertiary/aromatic N) is 1. The van der Waals surface area contributed by atoms with Gasteiger partial charge in [0.25, 0.3) is 11.8 Å². The van der Waals surface area contributed by atoms with Crippen LogP contribution in [0.5, 0.6) is 17.2 Å². The van der Waals surface area contributed by atoms with Crippen LogP contribution in [-0.4, -0.2) is 74.8 Å². The van der Waals surface area contributed by atoms with E-state index >= 15 is 0 Å². The smallest absolute Gasteiger partial charge is 0.258 e. The van der Waals surface area contributed by atoms with Crippen LogP contribution in [0.25, 0.3) is 0 Å². The molecule has 2 N–H and O–H groups in total. The van der Waals surface area contributed by atoms with E-state index in [-0.39, 0.29) is 42.9 Å². The van der Waals surface area contributed by atoms with Crippen molar-refractivity contribution in [1.29, 1.82) is 0 Å². The van der Waals surface area contributed by atoms with Gasteiger partial charge in [-0.3, -0.25) is 14.4 Å². The quantitative estimate of drug-likeness (QED) is 0.604. The van der Waals surface area contributed by atoms with E-state index < -0.39 is 6.04 Å². The standard InChI is InChI=1S/C29H35N3O7/c1-18-3-4-20-13-25(18)38-17-27(33)30-15-21-5-6-22(14-26(21)36-2)39-24-7-10-32(16-23(24)31-28(20)34)29(35)19-8-11-37-12-9-19/h3-6,13-14,19,23-24H,7-12,15-17H2,1-2H3,(H,30,33)(H,31,34)/t23-,24+/m0/s1. The van der Waals surface area contributed by atoms with E-state index in [1.807, 2.05) is 24.0 Å². The summed E-state index contributed by atoms with van der Waals surface area (Å²) in [6.07, 6.45) is 1.62. The summed E-state index contributed by atoms with van der Waals surface area (Å²) in [6.45, 7) is 3.99. The molecular formula is C29H35N3O7. The Morgan fingerprint density at radius 3 is 2.69 bits per heavy atom. The van der Waals surface area contributed by atoms with E-state index in [4.69, 9.17) is 18.9 Å². The molecule has 2 saturated heterocycles. The molecule has 10 heteroatoms. The fourth-order valence-electron chi connectivity index (χ4n) is 5.27. The molecule has 0 aromatic heterocycles. The molecule has 2 aromatic carbocycles. The number of ether oxygens (including phenoxy) is 4. The maximum atomic E-state index is 13.4. The topological polar surface area (TPSA) is 115 Å². The molecule has 2 fully saturated rings. The van der Waals surface area contributed by atoms with Gasteiger partial charge in [-0.25, -0.2) is 0 Å². The van der Waals surface area contributed by atoms with E-state index in [2.05, 4.69) is 10.6 Å². The molecule has 6 rings (SSSR count). The lowest BCUT2D eigenvalue weighted by Crippen LogP contribution is -2.59. The van der Waals surface area contributed by atoms with Gasteiger partial charge in [0.1, 0.15) is 23.4 Å². The van der Waals surface area contributed by atoms with Crippen molar-refractivity contribution >= 4 is 17.7 Å². The summed E-state index contributed by atoms with van der Waals surface area (Å²) in [6, 6.07) is 10.2. The van der Waals surface area contributed by atoms with Gasteiger partial charge in [0, 0.05) is 62.4 Å². The number of likely N-dealkylation sites (tertiary alicyclic amines) is 1. The van der Waals surface area contributed by atoms with E-state index in [9.17, 15) is 14.4 Å². The minimum absolute atomic E-state index is 0.0630. The average molecular weight is 538 g/mol. The van der Waals surface area contributed by atoms with Crippen molar-refractivity contribution in [2.24, 2.45) is 5.92 Å². The summed E-state index contributed by atoms with van der Waals surface area (Å²) >= 11 is 0. The van der Waals surface area contributed by atoms with Crippen molar-refractivity contribution in [3.8, 4) is 17.2 Å². The van der Waals surface area contributed by atoms with Crippen LogP contribution in [0, 0.1) is 12.8 Å². The number of fused-ring (bicyclic) bond motifs is 7. The van der Waals surface area contributed by atoms with E-state index in [0.29, 0.717) is 68.4 Å². The van der Waals surface area contributed by atoms with Crippen LogP contribution in [0.2, 0.25) is 0 Å². The van der Waals surface area contributed by atoms with Crippen LogP contribution in [0.4, 0.5) is 0 Å². The van der Waals surface area contributed by atoms with Crippen LogP contribution in [0.3, 0.4) is 0 Å². The minimum Gasteiger partial charge on any atom is -0.496 e. The van der Waals surface area contributed by atoms with Crippen molar-refractivity contribution in [1.82, 2.24) is 15.5 Å². The molecule has 3 amide bonds. The fourth-order valence-corrected chi connectivity index (χ4v) is 5.27. The molecule has 0 aliphatic carbocycles. The molecule has 2 atom stereocenters. The Kier molecular flexibility index (Phi) is 8.21. The molecule has 4 aliphatic rings. The van der Waals surface area contributed by atoms with Crippen LogP contribution < -0.4 is 24.8 Å². The highest BCUT2D eigenvalue weighted by Gasteiger charge is 2.37. The van der Waals surface area contributed by atoms with Gasteiger partial charge in [0.05, 0.1) is 13.2 Å². The van der Waals surface area contributed by atoms with Gasteiger partial charge in [-0.2, -0.15) is 0 Å². The number of aryl methyl sites for hydroxylation is 1. The summed E-state index contributed by atoms with van der Waals surface area (Å²) in [5.41, 5.74) is 2.00. The molecule has 2 aromatic rings. The summed E-state index contributed by atoms with van der Waals surface area (Å²) in [4.78, 5) is 41.0. The predicted molar refractivity (Wildman–Crippen MR) is 142 cm³/mol. The number of carbonyl (C=O) groups excluding carboxylic acids is 3. The zero-order chi connectivity index (χ0) is 27.4. The highest BCUT2D eigenvalue weighted by atomic mass is 16.5. The molecule has 39 heavy (non-hydrogen) atoms. The zero-order valence-electron chi connectivity index (χ0n) is 22.4. The number of carbonyl (C=O) groups is 3. The van der Waals surface area contributed by atoms with Crippen LogP contribution >= 0.6 is 0 Å². The monoisotopic (exact) mass is 537 g/mol. The Balaban J connectivity index is 1.44. The first-order chi connectivity index (χ1) is 18.9. The Labute approximate surface area is 227 Å². The van der Waals surface area contributed by atoms with Gasteiger partial charge in [0.15, 0.2) is 6.61 Å². The number of rotatable bonds is 2. The maximum Gasteiger partial charge on any atom is 0.258 e. The lowest BCUT2D eigenvalue weighted by molar-refractivity contribution is -0.141. The van der Waals surface area contributed by atoms with Gasteiger partial charge in [-0.05, 0) is 49.6 Å². The summed E-state index contributed by atoms with van der Waals surface area (Å²) < 4.78 is 23.1. The number of nitrogens with one attached hydrogen (secondary N) is 2. The van der Waals surface area contributed by atoms with Crippen molar-refractivity contribution in [3.63, 3.8) is 0 Å². The molecule has 0 radical (unpaired) electrons. The second-order valence-electron chi connectivity index (χ2n) is 10.2. The van der Waals surface area contributed by atoms with Crippen molar-refractivity contribution in [3.05, 3.63) is 53.1 Å². The third-order valence-corrected chi connectivity index (χ3v) is 7.58. The zero-order valence-corrected chi connectivity index (χ0v) is 22.4. The number of amides is 3. The third-order valence-electron chi connectivity index (χ3n) is 7.58. The highest BCUT2D eigenvalue weighted by Crippen LogP contribution is 2.29. The van der Waals surface area contributed by atoms with Gasteiger partial charge in [0.2, 0.25) is 5.91 Å². The Hall–Kier alpha value is -3.79. The Bertz CT molecular complexity index is 1230. The van der Waals surface area contributed by atoms with Crippen molar-refractivity contribution < 1.29 is 33.3 Å². The number of piperidine rings is 1. The molecule has 10 nitrogen and oxygen atoms in total. The van der Waals surface area contributed by atoms with Gasteiger partial charge < -0.3 is 34.5 Å². The van der Waals surface area contributed by atoms with E-state index in [0.717, 1.165) is 11.1 Å². The SMILES string of the molecule is COc1cc2ccc1CNC(=O)COc1cc(ccc1C)C(=O)N[C@H]1CN(C(=O)C3CCOCC3)CC[C@H]1O2. The third kappa shape index (κ3) is 6.27. The van der Waals surface area contributed by atoms with Crippen LogP contribution in [-0.2, 0) is 20.9 Å². The summed E-state index contributed by atoms with van der Waals surface area (Å²) in [7, 11) is 1.56. The normalized spacial score (nSPS) is 22.5.